The van der Waals surface area contributed by atoms with Gasteiger partial charge in [-0.25, -0.2) is 0 Å². The molecule has 0 spiro atoms. The molecule has 1 aromatic heterocycles. The van der Waals surface area contributed by atoms with E-state index in [-0.39, 0.29) is 5.69 Å². The molecule has 3 nitrogen and oxygen atoms in total. The van der Waals surface area contributed by atoms with Crippen molar-refractivity contribution in [2.24, 2.45) is 5.73 Å². The summed E-state index contributed by atoms with van der Waals surface area (Å²) in [7, 11) is 0. The van der Waals surface area contributed by atoms with Gasteiger partial charge in [-0.2, -0.15) is 0 Å². The number of carbonyl (C=O) groups is 1. The zero-order valence-electron chi connectivity index (χ0n) is 8.27. The van der Waals surface area contributed by atoms with Crippen molar-refractivity contribution >= 4 is 21.8 Å². The van der Waals surface area contributed by atoms with Crippen molar-refractivity contribution in [3.63, 3.8) is 0 Å². The second kappa shape index (κ2) is 4.45. The summed E-state index contributed by atoms with van der Waals surface area (Å²) in [6, 6.07) is 12.4. The van der Waals surface area contributed by atoms with Gasteiger partial charge in [0.1, 0.15) is 5.69 Å². The minimum Gasteiger partial charge on any atom is -0.364 e. The Bertz CT molecular complexity index is 523. The lowest BCUT2D eigenvalue weighted by molar-refractivity contribution is 0.0995. The Labute approximate surface area is 101 Å². The summed E-state index contributed by atoms with van der Waals surface area (Å²) >= 11 is 3.36. The Morgan fingerprint density at radius 2 is 1.94 bits per heavy atom. The Kier molecular flexibility index (Phi) is 3.01. The molecule has 2 N–H and O–H groups in total. The smallest absolute Gasteiger partial charge is 0.267 e. The first-order valence-electron chi connectivity index (χ1n) is 4.61. The number of hydrogen-bond acceptors (Lipinski definition) is 2. The van der Waals surface area contributed by atoms with E-state index in [0.717, 1.165) is 15.6 Å². The second-order valence-corrected chi connectivity index (χ2v) is 4.12. The quantitative estimate of drug-likeness (QED) is 0.915. The third-order valence-electron chi connectivity index (χ3n) is 2.09. The lowest BCUT2D eigenvalue weighted by Crippen LogP contribution is -2.12. The fourth-order valence-corrected chi connectivity index (χ4v) is 1.58. The topological polar surface area (TPSA) is 56.0 Å². The summed E-state index contributed by atoms with van der Waals surface area (Å²) in [5.41, 5.74) is 7.07. The molecule has 1 aromatic carbocycles. The molecule has 79 valence electrons. The van der Waals surface area contributed by atoms with Crippen LogP contribution in [-0.2, 0) is 0 Å². The minimum atomic E-state index is -0.570. The first-order valence-corrected chi connectivity index (χ1v) is 5.40. The Morgan fingerprint density at radius 1 is 1.25 bits per heavy atom. The maximum Gasteiger partial charge on any atom is 0.267 e. The van der Waals surface area contributed by atoms with Crippen LogP contribution < -0.4 is 5.73 Å². The van der Waals surface area contributed by atoms with Crippen molar-refractivity contribution in [3.05, 3.63) is 52.8 Å². The van der Waals surface area contributed by atoms with Crippen molar-refractivity contribution < 1.29 is 4.79 Å². The number of nitrogens with two attached hydrogens (primary N) is 1. The predicted octanol–water partition coefficient (Wildman–Crippen LogP) is 2.41. The SMILES string of the molecule is NC(=O)c1[c]c(-c2ccc(Br)cc2)ccn1. The molecule has 4 heteroatoms. The summed E-state index contributed by atoms with van der Waals surface area (Å²) in [6.45, 7) is 0. The molecule has 0 atom stereocenters. The van der Waals surface area contributed by atoms with E-state index in [4.69, 9.17) is 5.73 Å². The molecule has 16 heavy (non-hydrogen) atoms. The number of halogens is 1. The van der Waals surface area contributed by atoms with Crippen molar-refractivity contribution in [2.45, 2.75) is 0 Å². The van der Waals surface area contributed by atoms with Gasteiger partial charge in [-0.05, 0) is 29.3 Å². The van der Waals surface area contributed by atoms with E-state index in [2.05, 4.69) is 27.0 Å². The van der Waals surface area contributed by atoms with Gasteiger partial charge in [0.05, 0.1) is 0 Å². The van der Waals surface area contributed by atoms with Crippen LogP contribution in [0.25, 0.3) is 11.1 Å². The Hall–Kier alpha value is -1.68. The maximum absolute atomic E-state index is 11.0. The zero-order valence-corrected chi connectivity index (χ0v) is 9.86. The number of carbonyl (C=O) groups excluding carboxylic acids is 1. The van der Waals surface area contributed by atoms with Crippen molar-refractivity contribution in [2.75, 3.05) is 0 Å². The summed E-state index contributed by atoms with van der Waals surface area (Å²) in [5, 5.41) is 0. The third-order valence-corrected chi connectivity index (χ3v) is 2.62. The van der Waals surface area contributed by atoms with E-state index in [1.807, 2.05) is 24.3 Å². The molecule has 0 saturated heterocycles. The molecular weight excluding hydrogens is 268 g/mol. The molecule has 0 aliphatic rings. The van der Waals surface area contributed by atoms with Gasteiger partial charge in [0.2, 0.25) is 0 Å². The molecule has 0 aliphatic heterocycles. The normalized spacial score (nSPS) is 10.1. The van der Waals surface area contributed by atoms with E-state index < -0.39 is 5.91 Å². The van der Waals surface area contributed by atoms with E-state index >= 15 is 0 Å². The fourth-order valence-electron chi connectivity index (χ4n) is 1.31. The molecule has 1 heterocycles. The average molecular weight is 276 g/mol. The minimum absolute atomic E-state index is 0.153. The number of benzene rings is 1. The molecule has 1 amide bonds. The van der Waals surface area contributed by atoms with Crippen LogP contribution in [0.2, 0.25) is 0 Å². The Morgan fingerprint density at radius 3 is 2.56 bits per heavy atom. The van der Waals surface area contributed by atoms with Crippen molar-refractivity contribution in [3.8, 4) is 11.1 Å². The molecule has 0 bridgehead atoms. The molecule has 0 fully saturated rings. The maximum atomic E-state index is 11.0. The van der Waals surface area contributed by atoms with Crippen LogP contribution in [0, 0.1) is 6.07 Å². The predicted molar refractivity (Wildman–Crippen MR) is 64.7 cm³/mol. The van der Waals surface area contributed by atoms with Gasteiger partial charge in [0.25, 0.3) is 5.91 Å². The molecule has 0 unspecified atom stereocenters. The van der Waals surface area contributed by atoms with Crippen molar-refractivity contribution in [1.82, 2.24) is 4.98 Å². The van der Waals surface area contributed by atoms with Gasteiger partial charge in [-0.1, -0.05) is 28.1 Å². The highest BCUT2D eigenvalue weighted by Crippen LogP contribution is 2.21. The first-order chi connectivity index (χ1) is 7.66. The van der Waals surface area contributed by atoms with E-state index in [0.29, 0.717) is 0 Å². The average Bonchev–Trinajstić information content (AvgIpc) is 2.30. The highest BCUT2D eigenvalue weighted by molar-refractivity contribution is 9.10. The molecule has 0 saturated carbocycles. The summed E-state index contributed by atoms with van der Waals surface area (Å²) in [4.78, 5) is 14.8. The van der Waals surface area contributed by atoms with Crippen LogP contribution in [-0.4, -0.2) is 10.9 Å². The summed E-state index contributed by atoms with van der Waals surface area (Å²) in [6.07, 6.45) is 1.55. The van der Waals surface area contributed by atoms with Gasteiger partial charge in [0, 0.05) is 16.7 Å². The number of aromatic nitrogens is 1. The summed E-state index contributed by atoms with van der Waals surface area (Å²) < 4.78 is 1.00. The van der Waals surface area contributed by atoms with Crippen LogP contribution in [0.3, 0.4) is 0 Å². The molecule has 2 rings (SSSR count). The fraction of sp³-hybridized carbons (Fsp3) is 0. The number of primary amides is 1. The first kappa shape index (κ1) is 10.8. The van der Waals surface area contributed by atoms with Crippen LogP contribution in [0.15, 0.2) is 41.0 Å². The van der Waals surface area contributed by atoms with Crippen molar-refractivity contribution in [1.29, 1.82) is 0 Å². The lowest BCUT2D eigenvalue weighted by Gasteiger charge is -2.02. The van der Waals surface area contributed by atoms with Crippen LogP contribution >= 0.6 is 15.9 Å². The number of hydrogen-bond donors (Lipinski definition) is 1. The van der Waals surface area contributed by atoms with Gasteiger partial charge in [0.15, 0.2) is 0 Å². The van der Waals surface area contributed by atoms with E-state index in [9.17, 15) is 4.79 Å². The number of pyridine rings is 1. The monoisotopic (exact) mass is 275 g/mol. The standard InChI is InChI=1S/C12H8BrN2O/c13-10-3-1-8(2-4-10)9-5-6-15-11(7-9)12(14)16/h1-6H,(H2,14,16). The number of amides is 1. The lowest BCUT2D eigenvalue weighted by atomic mass is 10.1. The third kappa shape index (κ3) is 2.28. The van der Waals surface area contributed by atoms with Crippen LogP contribution in [0.5, 0.6) is 0 Å². The second-order valence-electron chi connectivity index (χ2n) is 3.20. The number of rotatable bonds is 2. The van der Waals surface area contributed by atoms with Gasteiger partial charge < -0.3 is 5.73 Å². The molecule has 2 aromatic rings. The largest absolute Gasteiger partial charge is 0.364 e. The van der Waals surface area contributed by atoms with E-state index in [1.54, 1.807) is 12.3 Å². The summed E-state index contributed by atoms with van der Waals surface area (Å²) in [5.74, 6) is -0.570. The highest BCUT2D eigenvalue weighted by atomic mass is 79.9. The molecule has 1 radical (unpaired) electrons. The van der Waals surface area contributed by atoms with E-state index in [1.165, 1.54) is 0 Å². The van der Waals surface area contributed by atoms with Crippen LogP contribution in [0.1, 0.15) is 10.5 Å². The molecular formula is C12H8BrN2O. The van der Waals surface area contributed by atoms with Gasteiger partial charge in [-0.3, -0.25) is 9.78 Å². The zero-order chi connectivity index (χ0) is 11.5. The van der Waals surface area contributed by atoms with Gasteiger partial charge >= 0.3 is 0 Å². The molecule has 0 aliphatic carbocycles. The van der Waals surface area contributed by atoms with Crippen LogP contribution in [0.4, 0.5) is 0 Å². The highest BCUT2D eigenvalue weighted by Gasteiger charge is 2.05. The number of nitrogens with zero attached hydrogens (tertiary/aromatic N) is 1. The van der Waals surface area contributed by atoms with Gasteiger partial charge in [-0.15, -0.1) is 0 Å². The Balaban J connectivity index is 2.44.